The van der Waals surface area contributed by atoms with Crippen LogP contribution in [0, 0.1) is 18.6 Å². The van der Waals surface area contributed by atoms with Crippen molar-refractivity contribution < 1.29 is 23.5 Å². The number of amides is 2. The Balaban J connectivity index is 1.80. The van der Waals surface area contributed by atoms with Crippen molar-refractivity contribution in [1.29, 1.82) is 0 Å². The minimum atomic E-state index is -1.07. The van der Waals surface area contributed by atoms with E-state index in [4.69, 9.17) is 0 Å². The second-order valence-corrected chi connectivity index (χ2v) is 11.5. The summed E-state index contributed by atoms with van der Waals surface area (Å²) in [6, 6.07) is 15.5. The van der Waals surface area contributed by atoms with Crippen LogP contribution in [-0.2, 0) is 13.0 Å². The van der Waals surface area contributed by atoms with E-state index in [-0.39, 0.29) is 24.4 Å². The average Bonchev–Trinajstić information content (AvgIpc) is 2.95. The molecule has 3 N–H and O–H groups in total. The molecule has 0 aliphatic heterocycles. The highest BCUT2D eigenvalue weighted by Crippen LogP contribution is 2.17. The zero-order valence-corrected chi connectivity index (χ0v) is 25.9. The molecule has 0 radical (unpaired) electrons. The van der Waals surface area contributed by atoms with Crippen molar-refractivity contribution in [3.63, 3.8) is 0 Å². The van der Waals surface area contributed by atoms with Gasteiger partial charge < -0.3 is 20.6 Å². The molecule has 0 heterocycles. The van der Waals surface area contributed by atoms with E-state index >= 15 is 0 Å². The van der Waals surface area contributed by atoms with E-state index in [1.165, 1.54) is 17.7 Å². The molecule has 3 aromatic rings. The number of benzene rings is 3. The van der Waals surface area contributed by atoms with E-state index in [0.717, 1.165) is 30.0 Å². The van der Waals surface area contributed by atoms with E-state index in [1.54, 1.807) is 23.1 Å². The van der Waals surface area contributed by atoms with Crippen LogP contribution in [0.1, 0.15) is 89.4 Å². The van der Waals surface area contributed by atoms with Crippen LogP contribution < -0.4 is 10.6 Å². The Morgan fingerprint density at radius 2 is 1.53 bits per heavy atom. The fraction of sp³-hybridized carbons (Fsp3) is 0.429. The van der Waals surface area contributed by atoms with Crippen molar-refractivity contribution in [2.24, 2.45) is 0 Å². The number of aliphatic hydroxyl groups excluding tert-OH is 1. The highest BCUT2D eigenvalue weighted by atomic mass is 19.1. The fourth-order valence-electron chi connectivity index (χ4n) is 5.16. The second-order valence-electron chi connectivity index (χ2n) is 11.5. The number of aliphatic hydroxyl groups is 1. The Morgan fingerprint density at radius 1 is 0.884 bits per heavy atom. The van der Waals surface area contributed by atoms with Gasteiger partial charge in [0.25, 0.3) is 11.8 Å². The van der Waals surface area contributed by atoms with Gasteiger partial charge in [-0.2, -0.15) is 0 Å². The Hall–Kier alpha value is -3.62. The molecule has 232 valence electrons. The third-order valence-electron chi connectivity index (χ3n) is 7.32. The smallest absolute Gasteiger partial charge is 0.253 e. The summed E-state index contributed by atoms with van der Waals surface area (Å²) in [7, 11) is 0. The van der Waals surface area contributed by atoms with E-state index in [2.05, 4.69) is 36.6 Å². The number of nitrogens with zero attached hydrogens (tertiary/aromatic N) is 1. The SMILES string of the molecule is CCCN(CCC)C(=O)c1cc(C)cc(C(=O)N[C@@H](Cc2cc(F)cc(F)c2)[C@H](O)CNCc2cccc(C(C)C)c2)c1. The molecule has 2 atom stereocenters. The quantitative estimate of drug-likeness (QED) is 0.198. The molecule has 0 bridgehead atoms. The Labute approximate surface area is 254 Å². The summed E-state index contributed by atoms with van der Waals surface area (Å²) in [5.41, 5.74) is 4.02. The molecular formula is C35H45F2N3O3. The first kappa shape index (κ1) is 33.9. The number of aryl methyl sites for hydroxylation is 1. The molecule has 2 amide bonds. The lowest BCUT2D eigenvalue weighted by molar-refractivity contribution is 0.0755. The summed E-state index contributed by atoms with van der Waals surface area (Å²) >= 11 is 0. The lowest BCUT2D eigenvalue weighted by Gasteiger charge is -2.25. The summed E-state index contributed by atoms with van der Waals surface area (Å²) in [5, 5.41) is 17.3. The number of nitrogens with one attached hydrogen (secondary N) is 2. The first-order valence-electron chi connectivity index (χ1n) is 15.1. The summed E-state index contributed by atoms with van der Waals surface area (Å²) in [6.07, 6.45) is 0.578. The summed E-state index contributed by atoms with van der Waals surface area (Å²) < 4.78 is 28.0. The highest BCUT2D eigenvalue weighted by molar-refractivity contribution is 6.00. The lowest BCUT2D eigenvalue weighted by Crippen LogP contribution is -2.48. The molecule has 0 unspecified atom stereocenters. The van der Waals surface area contributed by atoms with Crippen LogP contribution in [0.4, 0.5) is 8.78 Å². The standard InChI is InChI=1S/C35H45F2N3O3/c1-6-11-40(12-7-2)35(43)29-14-24(5)13-28(19-29)34(42)39-32(18-26-16-30(36)20-31(37)17-26)33(41)22-38-21-25-9-8-10-27(15-25)23(3)4/h8-10,13-17,19-20,23,32-33,38,41H,6-7,11-12,18,21-22H2,1-5H3,(H,39,42)/t32-,33+/m0/s1. The molecule has 8 heteroatoms. The van der Waals surface area contributed by atoms with Crippen molar-refractivity contribution in [1.82, 2.24) is 15.5 Å². The molecule has 0 spiro atoms. The van der Waals surface area contributed by atoms with Crippen LogP contribution in [-0.4, -0.2) is 53.6 Å². The van der Waals surface area contributed by atoms with Crippen molar-refractivity contribution >= 4 is 11.8 Å². The first-order chi connectivity index (χ1) is 20.5. The van der Waals surface area contributed by atoms with Gasteiger partial charge in [0.2, 0.25) is 0 Å². The van der Waals surface area contributed by atoms with Gasteiger partial charge in [0.05, 0.1) is 12.1 Å². The summed E-state index contributed by atoms with van der Waals surface area (Å²) in [4.78, 5) is 28.6. The first-order valence-corrected chi connectivity index (χ1v) is 15.1. The minimum Gasteiger partial charge on any atom is -0.390 e. The van der Waals surface area contributed by atoms with E-state index < -0.39 is 29.7 Å². The molecule has 0 aromatic heterocycles. The average molecular weight is 594 g/mol. The largest absolute Gasteiger partial charge is 0.390 e. The number of carbonyl (C=O) groups is 2. The lowest BCUT2D eigenvalue weighted by atomic mass is 9.99. The van der Waals surface area contributed by atoms with Gasteiger partial charge in [-0.15, -0.1) is 0 Å². The molecule has 0 fully saturated rings. The molecule has 0 aliphatic carbocycles. The predicted octanol–water partition coefficient (Wildman–Crippen LogP) is 6.15. The van der Waals surface area contributed by atoms with Crippen LogP contribution in [0.25, 0.3) is 0 Å². The second kappa shape index (κ2) is 16.3. The molecule has 0 aliphatic rings. The van der Waals surface area contributed by atoms with Gasteiger partial charge in [-0.3, -0.25) is 9.59 Å². The molecule has 3 rings (SSSR count). The Bertz CT molecular complexity index is 1350. The number of hydrogen-bond acceptors (Lipinski definition) is 4. The van der Waals surface area contributed by atoms with Crippen LogP contribution in [0.5, 0.6) is 0 Å². The monoisotopic (exact) mass is 593 g/mol. The van der Waals surface area contributed by atoms with Gasteiger partial charge in [-0.05, 0) is 84.7 Å². The maximum atomic E-state index is 14.0. The van der Waals surface area contributed by atoms with Gasteiger partial charge in [0, 0.05) is 43.4 Å². The van der Waals surface area contributed by atoms with Crippen molar-refractivity contribution in [3.8, 4) is 0 Å². The van der Waals surface area contributed by atoms with Crippen LogP contribution in [0.3, 0.4) is 0 Å². The van der Waals surface area contributed by atoms with Crippen LogP contribution in [0.15, 0.2) is 60.7 Å². The van der Waals surface area contributed by atoms with E-state index in [9.17, 15) is 23.5 Å². The van der Waals surface area contributed by atoms with Gasteiger partial charge >= 0.3 is 0 Å². The predicted molar refractivity (Wildman–Crippen MR) is 167 cm³/mol. The van der Waals surface area contributed by atoms with E-state index in [0.29, 0.717) is 36.7 Å². The third-order valence-corrected chi connectivity index (χ3v) is 7.32. The number of rotatable bonds is 15. The van der Waals surface area contributed by atoms with Gasteiger partial charge in [0.15, 0.2) is 0 Å². The molecule has 3 aromatic carbocycles. The maximum Gasteiger partial charge on any atom is 0.253 e. The minimum absolute atomic E-state index is 0.00445. The molecular weight excluding hydrogens is 548 g/mol. The van der Waals surface area contributed by atoms with Gasteiger partial charge in [-0.25, -0.2) is 8.78 Å². The fourth-order valence-corrected chi connectivity index (χ4v) is 5.16. The van der Waals surface area contributed by atoms with Crippen molar-refractivity contribution in [2.75, 3.05) is 19.6 Å². The zero-order valence-electron chi connectivity index (χ0n) is 25.9. The summed E-state index contributed by atoms with van der Waals surface area (Å²) in [6.45, 7) is 12.0. The normalized spacial score (nSPS) is 12.7. The zero-order chi connectivity index (χ0) is 31.5. The molecule has 43 heavy (non-hydrogen) atoms. The topological polar surface area (TPSA) is 81.7 Å². The maximum absolute atomic E-state index is 14.0. The van der Waals surface area contributed by atoms with Gasteiger partial charge in [-0.1, -0.05) is 52.0 Å². The van der Waals surface area contributed by atoms with Crippen molar-refractivity contribution in [3.05, 3.63) is 106 Å². The third kappa shape index (κ3) is 10.3. The van der Waals surface area contributed by atoms with Crippen molar-refractivity contribution in [2.45, 2.75) is 78.5 Å². The van der Waals surface area contributed by atoms with Gasteiger partial charge in [0.1, 0.15) is 11.6 Å². The summed E-state index contributed by atoms with van der Waals surface area (Å²) in [5.74, 6) is -1.71. The Kier molecular flexibility index (Phi) is 12.8. The molecule has 6 nitrogen and oxygen atoms in total. The Morgan fingerprint density at radius 3 is 2.16 bits per heavy atom. The van der Waals surface area contributed by atoms with Crippen LogP contribution in [0.2, 0.25) is 0 Å². The number of halogens is 2. The number of hydrogen-bond donors (Lipinski definition) is 3. The highest BCUT2D eigenvalue weighted by Gasteiger charge is 2.24. The van der Waals surface area contributed by atoms with E-state index in [1.807, 2.05) is 32.9 Å². The molecule has 0 saturated heterocycles. The molecule has 0 saturated carbocycles. The number of carbonyl (C=O) groups excluding carboxylic acids is 2. The van der Waals surface area contributed by atoms with Crippen LogP contribution >= 0.6 is 0 Å².